The van der Waals surface area contributed by atoms with Gasteiger partial charge in [-0.25, -0.2) is 4.79 Å². The average molecular weight is 584 g/mol. The predicted molar refractivity (Wildman–Crippen MR) is 165 cm³/mol. The molecule has 1 N–H and O–H groups in total. The molecule has 0 radical (unpaired) electrons. The fraction of sp³-hybridized carbons (Fsp3) is 0.781. The van der Waals surface area contributed by atoms with Gasteiger partial charge in [-0.05, 0) is 31.7 Å². The fourth-order valence-corrected chi connectivity index (χ4v) is 6.14. The molecule has 0 fully saturated rings. The Balaban J connectivity index is 1.93. The Labute approximate surface area is 245 Å². The largest absolute Gasteiger partial charge is 0.445 e. The van der Waals surface area contributed by atoms with Gasteiger partial charge in [0.25, 0.3) is 0 Å². The van der Waals surface area contributed by atoms with Gasteiger partial charge in [0.2, 0.25) is 0 Å². The molecule has 0 aliphatic carbocycles. The van der Waals surface area contributed by atoms with Gasteiger partial charge in [-0.3, -0.25) is 4.57 Å². The monoisotopic (exact) mass is 583 g/mol. The van der Waals surface area contributed by atoms with E-state index in [1.807, 2.05) is 30.3 Å². The number of ether oxygens (including phenoxy) is 2. The number of unbranched alkanes of at least 4 members (excludes halogenated alkanes) is 13. The molecule has 1 aromatic rings. The summed E-state index contributed by atoms with van der Waals surface area (Å²) in [6.45, 7) is 6.66. The van der Waals surface area contributed by atoms with Crippen molar-refractivity contribution >= 4 is 13.7 Å². The summed E-state index contributed by atoms with van der Waals surface area (Å²) in [6, 6.07) is 9.50. The maximum absolute atomic E-state index is 12.9. The van der Waals surface area contributed by atoms with E-state index < -0.39 is 13.7 Å². The van der Waals surface area contributed by atoms with E-state index in [4.69, 9.17) is 18.5 Å². The van der Waals surface area contributed by atoms with Crippen LogP contribution in [0.25, 0.3) is 0 Å². The molecule has 0 spiro atoms. The van der Waals surface area contributed by atoms with Gasteiger partial charge < -0.3 is 23.8 Å². The summed E-state index contributed by atoms with van der Waals surface area (Å²) in [5, 5.41) is 2.68. The van der Waals surface area contributed by atoms with Crippen LogP contribution in [0.1, 0.15) is 122 Å². The zero-order chi connectivity index (χ0) is 29.0. The maximum atomic E-state index is 12.9. The van der Waals surface area contributed by atoms with Crippen molar-refractivity contribution in [3.63, 3.8) is 0 Å². The van der Waals surface area contributed by atoms with Crippen LogP contribution in [-0.2, 0) is 29.7 Å². The van der Waals surface area contributed by atoms with Crippen LogP contribution >= 0.6 is 7.60 Å². The van der Waals surface area contributed by atoms with Gasteiger partial charge in [0.1, 0.15) is 6.61 Å². The number of alkyl carbamates (subject to hydrolysis) is 1. The van der Waals surface area contributed by atoms with Crippen molar-refractivity contribution < 1.29 is 27.9 Å². The lowest BCUT2D eigenvalue weighted by Gasteiger charge is -2.18. The molecule has 0 heterocycles. The molecule has 1 amide bonds. The summed E-state index contributed by atoms with van der Waals surface area (Å²) in [6.07, 6.45) is 19.8. The number of carbonyl (C=O) groups excluding carboxylic acids is 1. The Hall–Kier alpha value is -1.40. The Morgan fingerprint density at radius 2 is 1.27 bits per heavy atom. The lowest BCUT2D eigenvalue weighted by atomic mass is 10.0. The topological polar surface area (TPSA) is 83.1 Å². The van der Waals surface area contributed by atoms with Crippen molar-refractivity contribution in [3.8, 4) is 0 Å². The smallest absolute Gasteiger partial charge is 0.407 e. The standard InChI is InChI=1S/C32H58NO6P/c1-3-5-6-7-8-9-10-11-12-13-14-15-16-20-26-36-27-22-28-39-40(35,38-4-2)29-21-25-33-32(34)37-30-31-23-18-17-19-24-31/h17-19,23-24H,3-16,20-22,25-30H2,1-2H3,(H,33,34). The molecule has 0 bridgehead atoms. The first-order chi connectivity index (χ1) is 19.6. The van der Waals surface area contributed by atoms with Crippen LogP contribution in [0.3, 0.4) is 0 Å². The van der Waals surface area contributed by atoms with Crippen molar-refractivity contribution in [1.29, 1.82) is 0 Å². The van der Waals surface area contributed by atoms with Crippen LogP contribution in [0.2, 0.25) is 0 Å². The van der Waals surface area contributed by atoms with Crippen LogP contribution in [0.15, 0.2) is 30.3 Å². The minimum absolute atomic E-state index is 0.217. The van der Waals surface area contributed by atoms with E-state index in [1.54, 1.807) is 6.92 Å². The number of amides is 1. The third kappa shape index (κ3) is 22.3. The van der Waals surface area contributed by atoms with E-state index in [2.05, 4.69) is 12.2 Å². The molecular formula is C32H58NO6P. The predicted octanol–water partition coefficient (Wildman–Crippen LogP) is 9.44. The molecule has 0 saturated heterocycles. The van der Waals surface area contributed by atoms with Gasteiger partial charge in [-0.1, -0.05) is 121 Å². The first-order valence-corrected chi connectivity index (χ1v) is 17.7. The van der Waals surface area contributed by atoms with Crippen molar-refractivity contribution in [2.24, 2.45) is 0 Å². The molecule has 1 atom stereocenters. The summed E-state index contributed by atoms with van der Waals surface area (Å²) >= 11 is 0. The summed E-state index contributed by atoms with van der Waals surface area (Å²) in [5.41, 5.74) is 0.926. The Bertz CT molecular complexity index is 748. The van der Waals surface area contributed by atoms with Gasteiger partial charge >= 0.3 is 13.7 Å². The fourth-order valence-electron chi connectivity index (χ4n) is 4.47. The van der Waals surface area contributed by atoms with Crippen LogP contribution < -0.4 is 5.32 Å². The first-order valence-electron chi connectivity index (χ1n) is 16.0. The molecule has 40 heavy (non-hydrogen) atoms. The summed E-state index contributed by atoms with van der Waals surface area (Å²) < 4.78 is 34.9. The molecule has 0 saturated carbocycles. The number of carbonyl (C=O) groups is 1. The third-order valence-electron chi connectivity index (χ3n) is 6.78. The SMILES string of the molecule is CCCCCCCCCCCCCCCCOCCCOP(=O)(CCCNC(=O)OCc1ccccc1)OCC. The summed E-state index contributed by atoms with van der Waals surface area (Å²) in [5.74, 6) is 0. The third-order valence-corrected chi connectivity index (χ3v) is 8.87. The minimum atomic E-state index is -3.18. The number of rotatable bonds is 28. The highest BCUT2D eigenvalue weighted by atomic mass is 31.2. The highest BCUT2D eigenvalue weighted by Crippen LogP contribution is 2.48. The second-order valence-corrected chi connectivity index (χ2v) is 12.7. The van der Waals surface area contributed by atoms with Crippen molar-refractivity contribution in [2.45, 2.75) is 123 Å². The molecule has 8 heteroatoms. The zero-order valence-corrected chi connectivity index (χ0v) is 26.4. The normalized spacial score (nSPS) is 12.8. The lowest BCUT2D eigenvalue weighted by molar-refractivity contribution is 0.111. The Kier molecular flexibility index (Phi) is 24.3. The van der Waals surface area contributed by atoms with Gasteiger partial charge in [0.15, 0.2) is 0 Å². The Morgan fingerprint density at radius 3 is 1.88 bits per heavy atom. The Morgan fingerprint density at radius 1 is 0.700 bits per heavy atom. The second kappa shape index (κ2) is 26.5. The highest BCUT2D eigenvalue weighted by Gasteiger charge is 2.23. The number of benzene rings is 1. The van der Waals surface area contributed by atoms with Crippen molar-refractivity contribution in [2.75, 3.05) is 39.1 Å². The van der Waals surface area contributed by atoms with Crippen LogP contribution in [0.4, 0.5) is 4.79 Å². The van der Waals surface area contributed by atoms with Crippen molar-refractivity contribution in [1.82, 2.24) is 5.32 Å². The quantitative estimate of drug-likeness (QED) is 0.0781. The average Bonchev–Trinajstić information content (AvgIpc) is 2.96. The van der Waals surface area contributed by atoms with Gasteiger partial charge in [0, 0.05) is 19.8 Å². The van der Waals surface area contributed by atoms with Crippen LogP contribution in [0.5, 0.6) is 0 Å². The first kappa shape index (κ1) is 36.6. The van der Waals surface area contributed by atoms with Crippen LogP contribution in [0, 0.1) is 0 Å². The van der Waals surface area contributed by atoms with E-state index >= 15 is 0 Å². The minimum Gasteiger partial charge on any atom is -0.445 e. The molecule has 1 rings (SSSR count). The van der Waals surface area contributed by atoms with E-state index in [1.165, 1.54) is 83.5 Å². The van der Waals surface area contributed by atoms with Crippen molar-refractivity contribution in [3.05, 3.63) is 35.9 Å². The molecule has 232 valence electrons. The molecule has 0 aliphatic heterocycles. The van der Waals surface area contributed by atoms with Crippen LogP contribution in [-0.4, -0.2) is 45.2 Å². The summed E-state index contributed by atoms with van der Waals surface area (Å²) in [4.78, 5) is 11.8. The van der Waals surface area contributed by atoms with Gasteiger partial charge in [-0.2, -0.15) is 0 Å². The van der Waals surface area contributed by atoms with E-state index in [0.29, 0.717) is 39.2 Å². The molecule has 1 unspecified atom stereocenters. The molecule has 7 nitrogen and oxygen atoms in total. The zero-order valence-electron chi connectivity index (χ0n) is 25.5. The number of hydrogen-bond acceptors (Lipinski definition) is 6. The molecule has 0 aliphatic rings. The maximum Gasteiger partial charge on any atom is 0.407 e. The second-order valence-electron chi connectivity index (χ2n) is 10.5. The molecule has 0 aromatic heterocycles. The lowest BCUT2D eigenvalue weighted by Crippen LogP contribution is -2.25. The molecular weight excluding hydrogens is 525 g/mol. The summed E-state index contributed by atoms with van der Waals surface area (Å²) in [7, 11) is -3.18. The van der Waals surface area contributed by atoms with Gasteiger partial charge in [0.05, 0.1) is 19.4 Å². The molecule has 1 aromatic carbocycles. The number of nitrogens with one attached hydrogen (secondary N) is 1. The number of hydrogen-bond donors (Lipinski definition) is 1. The van der Waals surface area contributed by atoms with Gasteiger partial charge in [-0.15, -0.1) is 0 Å². The highest BCUT2D eigenvalue weighted by molar-refractivity contribution is 7.53. The van der Waals surface area contributed by atoms with E-state index in [-0.39, 0.29) is 12.8 Å². The van der Waals surface area contributed by atoms with E-state index in [9.17, 15) is 9.36 Å². The van der Waals surface area contributed by atoms with E-state index in [0.717, 1.165) is 18.6 Å².